The summed E-state index contributed by atoms with van der Waals surface area (Å²) in [5, 5.41) is 12.9. The first-order valence-electron chi connectivity index (χ1n) is 10.9. The molecule has 1 saturated heterocycles. The van der Waals surface area contributed by atoms with Crippen molar-refractivity contribution in [3.63, 3.8) is 0 Å². The summed E-state index contributed by atoms with van der Waals surface area (Å²) < 4.78 is 41.8. The highest BCUT2D eigenvalue weighted by atomic mass is 19.3. The average Bonchev–Trinajstić information content (AvgIpc) is 3.46. The molecule has 0 spiro atoms. The van der Waals surface area contributed by atoms with E-state index in [1.54, 1.807) is 6.92 Å². The largest absolute Gasteiger partial charge is 0.489 e. The number of aromatic nitrogens is 1. The first kappa shape index (κ1) is 23.4. The second-order valence-electron chi connectivity index (χ2n) is 8.61. The van der Waals surface area contributed by atoms with Crippen LogP contribution in [0.25, 0.3) is 11.5 Å². The number of β-amino-alcohol motifs (C(OH)–C–C–N with tert-alkyl or cyclic N) is 1. The summed E-state index contributed by atoms with van der Waals surface area (Å²) >= 11 is 0. The third-order valence-electron chi connectivity index (χ3n) is 5.50. The molecule has 2 aromatic rings. The number of aliphatic hydroxyl groups excluding tert-OH is 1. The summed E-state index contributed by atoms with van der Waals surface area (Å²) in [5.74, 6) is 0.354. The van der Waals surface area contributed by atoms with E-state index in [1.807, 2.05) is 6.92 Å². The molecule has 0 bridgehead atoms. The van der Waals surface area contributed by atoms with E-state index in [0.717, 1.165) is 12.8 Å². The molecule has 2 unspecified atom stereocenters. The first-order chi connectivity index (χ1) is 15.7. The number of hydrogen-bond acceptors (Lipinski definition) is 8. The van der Waals surface area contributed by atoms with E-state index in [4.69, 9.17) is 14.9 Å². The van der Waals surface area contributed by atoms with Gasteiger partial charge < -0.3 is 29.6 Å². The van der Waals surface area contributed by atoms with Crippen LogP contribution in [0.5, 0.6) is 11.5 Å². The lowest BCUT2D eigenvalue weighted by Crippen LogP contribution is -2.57. The van der Waals surface area contributed by atoms with E-state index >= 15 is 0 Å². The predicted octanol–water partition coefficient (Wildman–Crippen LogP) is 2.50. The molecule has 2 heterocycles. The summed E-state index contributed by atoms with van der Waals surface area (Å²) in [7, 11) is 0. The highest BCUT2D eigenvalue weighted by Gasteiger charge is 2.32. The van der Waals surface area contributed by atoms with Gasteiger partial charge in [-0.2, -0.15) is 8.78 Å². The molecular formula is C22H28F2N4O5. The van der Waals surface area contributed by atoms with E-state index in [0.29, 0.717) is 24.6 Å². The molecular weight excluding hydrogens is 438 g/mol. The van der Waals surface area contributed by atoms with Gasteiger partial charge in [0.1, 0.15) is 6.23 Å². The van der Waals surface area contributed by atoms with Crippen molar-refractivity contribution in [2.45, 2.75) is 51.6 Å². The molecule has 9 nitrogen and oxygen atoms in total. The number of carbonyl (C=O) groups is 1. The number of benzene rings is 1. The number of halogens is 2. The van der Waals surface area contributed by atoms with Crippen LogP contribution in [0.4, 0.5) is 8.78 Å². The highest BCUT2D eigenvalue weighted by molar-refractivity contribution is 5.94. The van der Waals surface area contributed by atoms with Gasteiger partial charge in [0.2, 0.25) is 5.89 Å². The molecule has 1 aliphatic heterocycles. The maximum Gasteiger partial charge on any atom is 0.387 e. The number of oxazole rings is 1. The molecule has 4 rings (SSSR count). The van der Waals surface area contributed by atoms with E-state index in [2.05, 4.69) is 15.0 Å². The van der Waals surface area contributed by atoms with E-state index in [1.165, 1.54) is 23.1 Å². The third kappa shape index (κ3) is 5.60. The molecule has 1 amide bonds. The number of rotatable bonds is 8. The molecule has 0 radical (unpaired) electrons. The Labute approximate surface area is 189 Å². The minimum atomic E-state index is -2.99. The Morgan fingerprint density at radius 2 is 2.12 bits per heavy atom. The molecule has 1 aromatic carbocycles. The van der Waals surface area contributed by atoms with Crippen molar-refractivity contribution in [3.8, 4) is 23.0 Å². The van der Waals surface area contributed by atoms with Crippen LogP contribution in [0, 0.1) is 5.92 Å². The molecule has 1 aromatic heterocycles. The lowest BCUT2D eigenvalue weighted by molar-refractivity contribution is -0.0515. The van der Waals surface area contributed by atoms with Crippen molar-refractivity contribution < 1.29 is 32.6 Å². The van der Waals surface area contributed by atoms with Crippen LogP contribution in [0.3, 0.4) is 0 Å². The first-order valence-corrected chi connectivity index (χ1v) is 10.9. The topological polar surface area (TPSA) is 123 Å². The van der Waals surface area contributed by atoms with Gasteiger partial charge in [-0.3, -0.25) is 10.1 Å². The SMILES string of the molecule is CC1CN(C(=O)c2nc(-c3ccc(OC(F)F)c(OCC4CC4)c3)oc2[C@H](C)N)CC(O)N1. The number of alkyl halides is 2. The Kier molecular flexibility index (Phi) is 6.82. The maximum absolute atomic E-state index is 13.2. The van der Waals surface area contributed by atoms with Gasteiger partial charge in [0, 0.05) is 18.2 Å². The molecule has 3 atom stereocenters. The molecule has 180 valence electrons. The maximum atomic E-state index is 13.2. The Balaban J connectivity index is 1.64. The van der Waals surface area contributed by atoms with Crippen molar-refractivity contribution in [1.29, 1.82) is 0 Å². The summed E-state index contributed by atoms with van der Waals surface area (Å²) in [5.41, 5.74) is 6.51. The normalized spacial score (nSPS) is 21.8. The predicted molar refractivity (Wildman–Crippen MR) is 114 cm³/mol. The number of carbonyl (C=O) groups excluding carboxylic acids is 1. The second kappa shape index (κ2) is 9.62. The highest BCUT2D eigenvalue weighted by Crippen LogP contribution is 2.37. The monoisotopic (exact) mass is 466 g/mol. The molecule has 2 fully saturated rings. The lowest BCUT2D eigenvalue weighted by atomic mass is 10.1. The quantitative estimate of drug-likeness (QED) is 0.542. The number of aliphatic hydroxyl groups is 1. The lowest BCUT2D eigenvalue weighted by Gasteiger charge is -2.34. The van der Waals surface area contributed by atoms with Crippen molar-refractivity contribution in [1.82, 2.24) is 15.2 Å². The molecule has 1 saturated carbocycles. The van der Waals surface area contributed by atoms with E-state index in [9.17, 15) is 18.7 Å². The second-order valence-corrected chi connectivity index (χ2v) is 8.61. The minimum absolute atomic E-state index is 0.0506. The average molecular weight is 466 g/mol. The van der Waals surface area contributed by atoms with Crippen LogP contribution in [-0.2, 0) is 0 Å². The fourth-order valence-corrected chi connectivity index (χ4v) is 3.72. The van der Waals surface area contributed by atoms with Gasteiger partial charge in [-0.25, -0.2) is 4.98 Å². The molecule has 11 heteroatoms. The zero-order valence-electron chi connectivity index (χ0n) is 18.5. The fraction of sp³-hybridized carbons (Fsp3) is 0.545. The van der Waals surface area contributed by atoms with Crippen LogP contribution in [0.15, 0.2) is 22.6 Å². The number of ether oxygens (including phenoxy) is 2. The number of nitrogens with two attached hydrogens (primary N) is 1. The zero-order chi connectivity index (χ0) is 23.7. The Hall–Kier alpha value is -2.76. The number of nitrogens with one attached hydrogen (secondary N) is 1. The number of hydrogen-bond donors (Lipinski definition) is 3. The number of amides is 1. The molecule has 2 aliphatic rings. The van der Waals surface area contributed by atoms with Crippen molar-refractivity contribution in [2.24, 2.45) is 11.7 Å². The van der Waals surface area contributed by atoms with Gasteiger partial charge >= 0.3 is 6.61 Å². The van der Waals surface area contributed by atoms with Crippen molar-refractivity contribution in [3.05, 3.63) is 29.7 Å². The number of piperazine rings is 1. The minimum Gasteiger partial charge on any atom is -0.489 e. The standard InChI is InChI=1S/C22H28F2N4O5/c1-11-8-28(9-17(29)26-11)21(30)18-19(12(2)25)33-20(27-18)14-5-6-15(32-22(23)24)16(7-14)31-10-13-3-4-13/h5-7,11-13,17,22,26,29H,3-4,8-10,25H2,1-2H3/t11?,12-,17?/m0/s1. The Morgan fingerprint density at radius 3 is 2.76 bits per heavy atom. The molecule has 33 heavy (non-hydrogen) atoms. The third-order valence-corrected chi connectivity index (χ3v) is 5.50. The van der Waals surface area contributed by atoms with Crippen LogP contribution >= 0.6 is 0 Å². The Morgan fingerprint density at radius 1 is 1.36 bits per heavy atom. The van der Waals surface area contributed by atoms with Crippen molar-refractivity contribution >= 4 is 5.91 Å². The van der Waals surface area contributed by atoms with Gasteiger partial charge in [0.25, 0.3) is 5.91 Å². The van der Waals surface area contributed by atoms with Gasteiger partial charge in [-0.05, 0) is 50.8 Å². The van der Waals surface area contributed by atoms with Gasteiger partial charge in [-0.15, -0.1) is 0 Å². The van der Waals surface area contributed by atoms with Gasteiger partial charge in [0.05, 0.1) is 19.2 Å². The van der Waals surface area contributed by atoms with E-state index < -0.39 is 24.8 Å². The zero-order valence-corrected chi connectivity index (χ0v) is 18.5. The van der Waals surface area contributed by atoms with Crippen LogP contribution in [0.1, 0.15) is 49.0 Å². The van der Waals surface area contributed by atoms with Crippen molar-refractivity contribution in [2.75, 3.05) is 19.7 Å². The van der Waals surface area contributed by atoms with Gasteiger partial charge in [0.15, 0.2) is 23.0 Å². The van der Waals surface area contributed by atoms with Crippen LogP contribution < -0.4 is 20.5 Å². The summed E-state index contributed by atoms with van der Waals surface area (Å²) in [4.78, 5) is 19.0. The van der Waals surface area contributed by atoms with E-state index in [-0.39, 0.29) is 41.4 Å². The smallest absolute Gasteiger partial charge is 0.387 e. The van der Waals surface area contributed by atoms with Crippen LogP contribution in [0.2, 0.25) is 0 Å². The Bertz CT molecular complexity index is 985. The summed E-state index contributed by atoms with van der Waals surface area (Å²) in [6.45, 7) is 1.41. The molecule has 4 N–H and O–H groups in total. The molecule has 1 aliphatic carbocycles. The summed E-state index contributed by atoms with van der Waals surface area (Å²) in [6, 6.07) is 3.64. The fourth-order valence-electron chi connectivity index (χ4n) is 3.72. The van der Waals surface area contributed by atoms with Crippen LogP contribution in [-0.4, -0.2) is 59.5 Å². The summed E-state index contributed by atoms with van der Waals surface area (Å²) in [6.07, 6.45) is 1.22. The van der Waals surface area contributed by atoms with Gasteiger partial charge in [-0.1, -0.05) is 0 Å². The number of nitrogens with zero attached hydrogens (tertiary/aromatic N) is 2.